The number of fused-ring (bicyclic) bond motifs is 1. The van der Waals surface area contributed by atoms with Crippen molar-refractivity contribution in [2.75, 3.05) is 52.9 Å². The van der Waals surface area contributed by atoms with Crippen LogP contribution >= 0.6 is 0 Å². The van der Waals surface area contributed by atoms with Gasteiger partial charge in [-0.3, -0.25) is 24.2 Å². The lowest BCUT2D eigenvalue weighted by Gasteiger charge is -2.37. The average Bonchev–Trinajstić information content (AvgIpc) is 3.43. The molecule has 0 radical (unpaired) electrons. The number of piperazine rings is 1. The predicted octanol–water partition coefficient (Wildman–Crippen LogP) is 1.10. The number of benzene rings is 1. The van der Waals surface area contributed by atoms with Crippen LogP contribution in [0.2, 0.25) is 0 Å². The lowest BCUT2D eigenvalue weighted by molar-refractivity contribution is -0.145. The van der Waals surface area contributed by atoms with Crippen molar-refractivity contribution in [2.45, 2.75) is 25.4 Å². The Morgan fingerprint density at radius 2 is 1.70 bits per heavy atom. The van der Waals surface area contributed by atoms with Crippen LogP contribution in [0.15, 0.2) is 24.4 Å². The van der Waals surface area contributed by atoms with E-state index in [-0.39, 0.29) is 12.5 Å². The van der Waals surface area contributed by atoms with Gasteiger partial charge >= 0.3 is 11.9 Å². The molecule has 1 aromatic heterocycles. The highest BCUT2D eigenvalue weighted by molar-refractivity contribution is 5.91. The Kier molecular flexibility index (Phi) is 6.85. The van der Waals surface area contributed by atoms with Gasteiger partial charge in [-0.1, -0.05) is 0 Å². The third kappa shape index (κ3) is 4.96. The molecular formula is C23H30N4O6. The van der Waals surface area contributed by atoms with Gasteiger partial charge in [-0.25, -0.2) is 0 Å². The quantitative estimate of drug-likeness (QED) is 0.604. The van der Waals surface area contributed by atoms with Crippen LogP contribution in [0.3, 0.4) is 0 Å². The average molecular weight is 459 g/mol. The Morgan fingerprint density at radius 3 is 2.30 bits per heavy atom. The Labute approximate surface area is 191 Å². The predicted molar refractivity (Wildman–Crippen MR) is 120 cm³/mol. The number of carbonyl (C=O) groups excluding carboxylic acids is 1. The topological polar surface area (TPSA) is 116 Å². The molecule has 0 spiro atoms. The van der Waals surface area contributed by atoms with Gasteiger partial charge in [-0.2, -0.15) is 0 Å². The van der Waals surface area contributed by atoms with Crippen molar-refractivity contribution in [1.82, 2.24) is 19.3 Å². The molecule has 178 valence electrons. The fourth-order valence-electron chi connectivity index (χ4n) is 4.85. The Morgan fingerprint density at radius 1 is 1.00 bits per heavy atom. The Hall–Kier alpha value is -3.11. The summed E-state index contributed by atoms with van der Waals surface area (Å²) >= 11 is 0. The normalized spacial score (nSPS) is 18.5. The fourth-order valence-corrected chi connectivity index (χ4v) is 4.85. The summed E-state index contributed by atoms with van der Waals surface area (Å²) in [5.41, 5.74) is 1.19. The van der Waals surface area contributed by atoms with Crippen molar-refractivity contribution in [3.05, 3.63) is 30.0 Å². The zero-order valence-corrected chi connectivity index (χ0v) is 18.8. The van der Waals surface area contributed by atoms with E-state index in [1.165, 1.54) is 7.11 Å². The van der Waals surface area contributed by atoms with Crippen LogP contribution in [0.5, 0.6) is 5.75 Å². The van der Waals surface area contributed by atoms with Crippen LogP contribution in [0.25, 0.3) is 10.9 Å². The van der Waals surface area contributed by atoms with Gasteiger partial charge in [0.05, 0.1) is 13.7 Å². The van der Waals surface area contributed by atoms with Crippen LogP contribution in [-0.2, 0) is 20.9 Å². The second kappa shape index (κ2) is 9.80. The summed E-state index contributed by atoms with van der Waals surface area (Å²) in [6.45, 7) is 3.94. The Bertz CT molecular complexity index is 1040. The maximum absolute atomic E-state index is 12.5. The second-order valence-corrected chi connectivity index (χ2v) is 8.63. The van der Waals surface area contributed by atoms with Crippen LogP contribution in [0.1, 0.15) is 24.4 Å². The number of aliphatic carboxylic acids is 2. The summed E-state index contributed by atoms with van der Waals surface area (Å²) in [4.78, 5) is 42.1. The zero-order valence-electron chi connectivity index (χ0n) is 18.8. The van der Waals surface area contributed by atoms with Crippen LogP contribution in [0, 0.1) is 0 Å². The largest absolute Gasteiger partial charge is 0.497 e. The molecule has 0 bridgehead atoms. The van der Waals surface area contributed by atoms with Crippen molar-refractivity contribution >= 4 is 28.7 Å². The van der Waals surface area contributed by atoms with E-state index in [4.69, 9.17) is 4.74 Å². The number of aromatic nitrogens is 1. The lowest BCUT2D eigenvalue weighted by Crippen LogP contribution is -2.51. The number of nitrogens with zero attached hydrogens (tertiary/aromatic N) is 4. The van der Waals surface area contributed by atoms with E-state index < -0.39 is 18.0 Å². The van der Waals surface area contributed by atoms with Gasteiger partial charge in [-0.05, 0) is 31.0 Å². The fraction of sp³-hybridized carbons (Fsp3) is 0.522. The van der Waals surface area contributed by atoms with Crippen LogP contribution in [0.4, 0.5) is 0 Å². The summed E-state index contributed by atoms with van der Waals surface area (Å²) in [6.07, 6.45) is 3.74. The molecule has 10 heteroatoms. The van der Waals surface area contributed by atoms with E-state index in [0.717, 1.165) is 25.9 Å². The van der Waals surface area contributed by atoms with Gasteiger partial charge in [0.25, 0.3) is 0 Å². The minimum Gasteiger partial charge on any atom is -0.497 e. The molecule has 2 aliphatic rings. The number of methoxy groups -OCH3 is 1. The minimum atomic E-state index is -1.00. The van der Waals surface area contributed by atoms with Crippen LogP contribution < -0.4 is 4.74 Å². The molecule has 1 atom stereocenters. The van der Waals surface area contributed by atoms with E-state index in [9.17, 15) is 24.6 Å². The molecule has 1 amide bonds. The van der Waals surface area contributed by atoms with Gasteiger partial charge in [0.15, 0.2) is 0 Å². The molecule has 2 aromatic rings. The molecule has 33 heavy (non-hydrogen) atoms. The van der Waals surface area contributed by atoms with Crippen molar-refractivity contribution in [3.63, 3.8) is 0 Å². The molecule has 2 N–H and O–H groups in total. The number of likely N-dealkylation sites (tertiary alicyclic amines) is 1. The first kappa shape index (κ1) is 23.1. The van der Waals surface area contributed by atoms with E-state index in [1.54, 1.807) is 29.0 Å². The molecule has 0 aliphatic carbocycles. The highest BCUT2D eigenvalue weighted by Gasteiger charge is 2.33. The third-order valence-electron chi connectivity index (χ3n) is 6.54. The van der Waals surface area contributed by atoms with Crippen molar-refractivity contribution in [3.8, 4) is 5.75 Å². The molecule has 2 fully saturated rings. The number of hydrogen-bond donors (Lipinski definition) is 2. The van der Waals surface area contributed by atoms with E-state index in [2.05, 4.69) is 4.90 Å². The highest BCUT2D eigenvalue weighted by atomic mass is 16.5. The van der Waals surface area contributed by atoms with Crippen molar-refractivity contribution < 1.29 is 29.3 Å². The number of amides is 1. The number of carbonyl (C=O) groups is 3. The maximum atomic E-state index is 12.5. The van der Waals surface area contributed by atoms with Crippen LogP contribution in [-0.4, -0.2) is 100 Å². The monoisotopic (exact) mass is 458 g/mol. The first-order valence-electron chi connectivity index (χ1n) is 11.2. The van der Waals surface area contributed by atoms with Gasteiger partial charge in [0.1, 0.15) is 18.3 Å². The standard InChI is InChI=1S/C23H30N4O6/c1-33-16-4-5-19-17(12-16)18(13-27(19)15-21(29)30)22(23(31)32)26-10-8-24(9-11-26)14-20(28)25-6-2-3-7-25/h4-5,12-13,22H,2-3,6-11,14-15H2,1H3,(H,29,30)(H,31,32). The van der Waals surface area contributed by atoms with Gasteiger partial charge in [0.2, 0.25) is 5.91 Å². The number of carboxylic acids is 2. The maximum Gasteiger partial charge on any atom is 0.325 e. The summed E-state index contributed by atoms with van der Waals surface area (Å²) in [6, 6.07) is 4.31. The first-order valence-corrected chi connectivity index (χ1v) is 11.2. The summed E-state index contributed by atoms with van der Waals surface area (Å²) in [5, 5.41) is 20.1. The van der Waals surface area contributed by atoms with Gasteiger partial charge in [0, 0.05) is 61.9 Å². The van der Waals surface area contributed by atoms with E-state index in [0.29, 0.717) is 54.9 Å². The van der Waals surface area contributed by atoms with E-state index in [1.807, 2.05) is 9.80 Å². The Balaban J connectivity index is 1.54. The SMILES string of the molecule is COc1ccc2c(c1)c(C(C(=O)O)N1CCN(CC(=O)N3CCCC3)CC1)cn2CC(=O)O. The summed E-state index contributed by atoms with van der Waals surface area (Å²) < 4.78 is 6.88. The number of rotatable bonds is 8. The van der Waals surface area contributed by atoms with Crippen molar-refractivity contribution in [1.29, 1.82) is 0 Å². The molecule has 10 nitrogen and oxygen atoms in total. The summed E-state index contributed by atoms with van der Waals surface area (Å²) in [5.74, 6) is -1.28. The minimum absolute atomic E-state index is 0.138. The number of hydrogen-bond acceptors (Lipinski definition) is 6. The molecule has 2 aliphatic heterocycles. The molecular weight excluding hydrogens is 428 g/mol. The highest BCUT2D eigenvalue weighted by Crippen LogP contribution is 2.33. The molecule has 3 heterocycles. The third-order valence-corrected chi connectivity index (χ3v) is 6.54. The lowest BCUT2D eigenvalue weighted by atomic mass is 10.0. The molecule has 1 aromatic carbocycles. The van der Waals surface area contributed by atoms with Gasteiger partial charge < -0.3 is 24.4 Å². The first-order chi connectivity index (χ1) is 15.9. The molecule has 0 saturated carbocycles. The summed E-state index contributed by atoms with van der Waals surface area (Å²) in [7, 11) is 1.53. The van der Waals surface area contributed by atoms with Crippen molar-refractivity contribution in [2.24, 2.45) is 0 Å². The van der Waals surface area contributed by atoms with Gasteiger partial charge in [-0.15, -0.1) is 0 Å². The number of ether oxygens (including phenoxy) is 1. The zero-order chi connectivity index (χ0) is 23.5. The number of carboxylic acid groups (broad SMARTS) is 2. The molecule has 2 saturated heterocycles. The van der Waals surface area contributed by atoms with E-state index >= 15 is 0 Å². The smallest absolute Gasteiger partial charge is 0.325 e. The molecule has 1 unspecified atom stereocenters. The molecule has 4 rings (SSSR count). The second-order valence-electron chi connectivity index (χ2n) is 8.63.